The van der Waals surface area contributed by atoms with Crippen molar-refractivity contribution in [2.75, 3.05) is 7.11 Å². The average molecular weight is 338 g/mol. The van der Waals surface area contributed by atoms with Crippen molar-refractivity contribution in [2.24, 2.45) is 0 Å². The van der Waals surface area contributed by atoms with Crippen molar-refractivity contribution in [2.45, 2.75) is 19.5 Å². The zero-order valence-corrected chi connectivity index (χ0v) is 13.1. The molecule has 0 fully saturated rings. The molecule has 2 nitrogen and oxygen atoms in total. The summed E-state index contributed by atoms with van der Waals surface area (Å²) >= 11 is 3.40. The second-order valence-corrected chi connectivity index (χ2v) is 5.47. The molecule has 0 amide bonds. The maximum absolute atomic E-state index is 13.1. The van der Waals surface area contributed by atoms with E-state index in [9.17, 15) is 4.39 Å². The van der Waals surface area contributed by atoms with Gasteiger partial charge in [-0.25, -0.2) is 4.39 Å². The van der Waals surface area contributed by atoms with Gasteiger partial charge in [-0.1, -0.05) is 34.1 Å². The average Bonchev–Trinajstić information content (AvgIpc) is 2.45. The summed E-state index contributed by atoms with van der Waals surface area (Å²) in [5, 5.41) is 3.42. The van der Waals surface area contributed by atoms with E-state index in [4.69, 9.17) is 4.74 Å². The van der Waals surface area contributed by atoms with E-state index in [1.54, 1.807) is 13.2 Å². The van der Waals surface area contributed by atoms with E-state index in [0.717, 1.165) is 27.9 Å². The number of halogens is 2. The van der Waals surface area contributed by atoms with Crippen molar-refractivity contribution in [3.63, 3.8) is 0 Å². The molecule has 4 heteroatoms. The van der Waals surface area contributed by atoms with E-state index in [1.165, 1.54) is 12.1 Å². The van der Waals surface area contributed by atoms with Crippen molar-refractivity contribution in [3.8, 4) is 5.75 Å². The Morgan fingerprint density at radius 1 is 1.25 bits per heavy atom. The number of hydrogen-bond acceptors (Lipinski definition) is 2. The summed E-state index contributed by atoms with van der Waals surface area (Å²) in [7, 11) is 1.66. The minimum atomic E-state index is -0.236. The van der Waals surface area contributed by atoms with E-state index in [0.29, 0.717) is 0 Å². The third kappa shape index (κ3) is 3.81. The Hall–Kier alpha value is -1.39. The Kier molecular flexibility index (Phi) is 5.15. The molecule has 0 aliphatic rings. The van der Waals surface area contributed by atoms with Gasteiger partial charge >= 0.3 is 0 Å². The summed E-state index contributed by atoms with van der Waals surface area (Å²) in [4.78, 5) is 0. The van der Waals surface area contributed by atoms with E-state index >= 15 is 0 Å². The van der Waals surface area contributed by atoms with E-state index < -0.39 is 0 Å². The molecule has 2 aromatic rings. The molecule has 0 spiro atoms. The summed E-state index contributed by atoms with van der Waals surface area (Å²) in [6.07, 6.45) is 0. The normalized spacial score (nSPS) is 12.2. The zero-order chi connectivity index (χ0) is 14.5. The summed E-state index contributed by atoms with van der Waals surface area (Å²) < 4.78 is 19.1. The number of ether oxygens (including phenoxy) is 1. The smallest absolute Gasteiger partial charge is 0.124 e. The van der Waals surface area contributed by atoms with E-state index in [-0.39, 0.29) is 11.9 Å². The first-order valence-electron chi connectivity index (χ1n) is 6.41. The molecule has 0 aliphatic carbocycles. The first-order valence-corrected chi connectivity index (χ1v) is 7.20. The van der Waals surface area contributed by atoms with Crippen LogP contribution in [0.4, 0.5) is 4.39 Å². The van der Waals surface area contributed by atoms with Crippen LogP contribution in [0.2, 0.25) is 0 Å². The minimum absolute atomic E-state index is 0.121. The van der Waals surface area contributed by atoms with Crippen molar-refractivity contribution >= 4 is 15.9 Å². The fourth-order valence-corrected chi connectivity index (χ4v) is 2.71. The van der Waals surface area contributed by atoms with Gasteiger partial charge in [0, 0.05) is 17.1 Å². The number of methoxy groups -OCH3 is 1. The first kappa shape index (κ1) is 15.0. The van der Waals surface area contributed by atoms with Crippen LogP contribution in [-0.4, -0.2) is 7.11 Å². The maximum Gasteiger partial charge on any atom is 0.124 e. The summed E-state index contributed by atoms with van der Waals surface area (Å²) in [6, 6.07) is 12.8. The second-order valence-electron chi connectivity index (χ2n) is 4.62. The number of rotatable bonds is 5. The van der Waals surface area contributed by atoms with Gasteiger partial charge in [-0.15, -0.1) is 0 Å². The van der Waals surface area contributed by atoms with Gasteiger partial charge < -0.3 is 10.1 Å². The molecule has 2 rings (SSSR count). The SMILES string of the molecule is COc1cccc(CNC(C)c2ccc(F)cc2Br)c1. The molecule has 0 bridgehead atoms. The molecule has 0 heterocycles. The van der Waals surface area contributed by atoms with Crippen molar-refractivity contribution in [1.82, 2.24) is 5.32 Å². The standard InChI is InChI=1S/C16H17BrFNO/c1-11(15-7-6-13(18)9-16(15)17)19-10-12-4-3-5-14(8-12)20-2/h3-9,11,19H,10H2,1-2H3. The zero-order valence-electron chi connectivity index (χ0n) is 11.5. The Balaban J connectivity index is 2.02. The molecule has 0 aromatic heterocycles. The van der Waals surface area contributed by atoms with Gasteiger partial charge in [0.25, 0.3) is 0 Å². The lowest BCUT2D eigenvalue weighted by Gasteiger charge is -2.16. The topological polar surface area (TPSA) is 21.3 Å². The van der Waals surface area contributed by atoms with Gasteiger partial charge in [0.2, 0.25) is 0 Å². The Morgan fingerprint density at radius 3 is 2.75 bits per heavy atom. The molecule has 0 saturated carbocycles. The predicted octanol–water partition coefficient (Wildman–Crippen LogP) is 4.45. The van der Waals surface area contributed by atoms with Crippen molar-refractivity contribution in [3.05, 3.63) is 63.9 Å². The highest BCUT2D eigenvalue weighted by molar-refractivity contribution is 9.10. The van der Waals surface area contributed by atoms with Gasteiger partial charge in [0.1, 0.15) is 11.6 Å². The van der Waals surface area contributed by atoms with E-state index in [2.05, 4.69) is 28.2 Å². The third-order valence-electron chi connectivity index (χ3n) is 3.18. The molecular formula is C16H17BrFNO. The van der Waals surface area contributed by atoms with Gasteiger partial charge in [-0.3, -0.25) is 0 Å². The third-order valence-corrected chi connectivity index (χ3v) is 3.86. The molecule has 1 atom stereocenters. The van der Waals surface area contributed by atoms with Crippen LogP contribution in [0, 0.1) is 5.82 Å². The van der Waals surface area contributed by atoms with Crippen LogP contribution in [0.1, 0.15) is 24.1 Å². The van der Waals surface area contributed by atoms with Crippen LogP contribution in [0.5, 0.6) is 5.75 Å². The molecule has 106 valence electrons. The number of benzene rings is 2. The quantitative estimate of drug-likeness (QED) is 0.870. The predicted molar refractivity (Wildman–Crippen MR) is 82.3 cm³/mol. The van der Waals surface area contributed by atoms with Gasteiger partial charge in [0.05, 0.1) is 7.11 Å². The molecule has 0 aliphatic heterocycles. The van der Waals surface area contributed by atoms with Crippen LogP contribution < -0.4 is 10.1 Å². The molecule has 2 aromatic carbocycles. The monoisotopic (exact) mass is 337 g/mol. The minimum Gasteiger partial charge on any atom is -0.497 e. The fourth-order valence-electron chi connectivity index (χ4n) is 2.02. The lowest BCUT2D eigenvalue weighted by molar-refractivity contribution is 0.414. The van der Waals surface area contributed by atoms with E-state index in [1.807, 2.05) is 24.3 Å². The van der Waals surface area contributed by atoms with Crippen LogP contribution in [0.3, 0.4) is 0 Å². The maximum atomic E-state index is 13.1. The summed E-state index contributed by atoms with van der Waals surface area (Å²) in [5.41, 5.74) is 2.18. The van der Waals surface area contributed by atoms with Crippen molar-refractivity contribution < 1.29 is 9.13 Å². The van der Waals surface area contributed by atoms with Crippen LogP contribution in [0.25, 0.3) is 0 Å². The molecule has 1 unspecified atom stereocenters. The van der Waals surface area contributed by atoms with Crippen molar-refractivity contribution in [1.29, 1.82) is 0 Å². The highest BCUT2D eigenvalue weighted by Gasteiger charge is 2.09. The Morgan fingerprint density at radius 2 is 2.05 bits per heavy atom. The van der Waals surface area contributed by atoms with Crippen LogP contribution in [-0.2, 0) is 6.54 Å². The Labute approximate surface area is 127 Å². The largest absolute Gasteiger partial charge is 0.497 e. The fraction of sp³-hybridized carbons (Fsp3) is 0.250. The lowest BCUT2D eigenvalue weighted by Crippen LogP contribution is -2.18. The number of hydrogen-bond donors (Lipinski definition) is 1. The van der Waals surface area contributed by atoms with Gasteiger partial charge in [0.15, 0.2) is 0 Å². The molecule has 0 radical (unpaired) electrons. The van der Waals surface area contributed by atoms with Gasteiger partial charge in [-0.05, 0) is 42.3 Å². The van der Waals surface area contributed by atoms with Crippen LogP contribution in [0.15, 0.2) is 46.9 Å². The lowest BCUT2D eigenvalue weighted by atomic mass is 10.1. The van der Waals surface area contributed by atoms with Gasteiger partial charge in [-0.2, -0.15) is 0 Å². The molecular weight excluding hydrogens is 321 g/mol. The highest BCUT2D eigenvalue weighted by atomic mass is 79.9. The number of nitrogens with one attached hydrogen (secondary N) is 1. The Bertz CT molecular complexity index is 588. The second kappa shape index (κ2) is 6.86. The first-order chi connectivity index (χ1) is 9.60. The molecule has 0 saturated heterocycles. The highest BCUT2D eigenvalue weighted by Crippen LogP contribution is 2.24. The molecule has 20 heavy (non-hydrogen) atoms. The van der Waals surface area contributed by atoms with Crippen LogP contribution >= 0.6 is 15.9 Å². The summed E-state index contributed by atoms with van der Waals surface area (Å²) in [6.45, 7) is 2.78. The molecule has 1 N–H and O–H groups in total. The summed E-state index contributed by atoms with van der Waals surface area (Å²) in [5.74, 6) is 0.612.